The summed E-state index contributed by atoms with van der Waals surface area (Å²) < 4.78 is 10.9. The van der Waals surface area contributed by atoms with Crippen LogP contribution in [0.1, 0.15) is 73.1 Å². The lowest BCUT2D eigenvalue weighted by Crippen LogP contribution is -2.39. The SMILES string of the molecule is CCOCCC1CCN(C(=O)c2cccc(C(=O)N3CCC(CCOCC)CC3)c2)CC1. The molecule has 2 aliphatic heterocycles. The number of carbonyl (C=O) groups is 2. The fourth-order valence-corrected chi connectivity index (χ4v) is 4.79. The summed E-state index contributed by atoms with van der Waals surface area (Å²) in [6.45, 7) is 10.3. The number of amides is 2. The first kappa shape index (κ1) is 24.7. The van der Waals surface area contributed by atoms with E-state index in [2.05, 4.69) is 0 Å². The van der Waals surface area contributed by atoms with Crippen LogP contribution >= 0.6 is 0 Å². The zero-order chi connectivity index (χ0) is 22.8. The van der Waals surface area contributed by atoms with Crippen LogP contribution in [0.15, 0.2) is 24.3 Å². The summed E-state index contributed by atoms with van der Waals surface area (Å²) in [4.78, 5) is 30.0. The summed E-state index contributed by atoms with van der Waals surface area (Å²) in [5.74, 6) is 1.35. The molecule has 2 amide bonds. The maximum Gasteiger partial charge on any atom is 0.253 e. The predicted octanol–water partition coefficient (Wildman–Crippen LogP) is 4.24. The number of piperidine rings is 2. The molecule has 0 unspecified atom stereocenters. The number of hydrogen-bond acceptors (Lipinski definition) is 4. The number of carbonyl (C=O) groups excluding carboxylic acids is 2. The fourth-order valence-electron chi connectivity index (χ4n) is 4.79. The van der Waals surface area contributed by atoms with Gasteiger partial charge < -0.3 is 19.3 Å². The highest BCUT2D eigenvalue weighted by atomic mass is 16.5. The Hall–Kier alpha value is -1.92. The van der Waals surface area contributed by atoms with Crippen LogP contribution in [-0.4, -0.2) is 74.2 Å². The topological polar surface area (TPSA) is 59.1 Å². The normalized spacial score (nSPS) is 18.2. The van der Waals surface area contributed by atoms with Crippen LogP contribution < -0.4 is 0 Å². The molecule has 0 aliphatic carbocycles. The van der Waals surface area contributed by atoms with Gasteiger partial charge in [0.2, 0.25) is 0 Å². The molecule has 3 rings (SSSR count). The lowest BCUT2D eigenvalue weighted by molar-refractivity contribution is 0.0657. The van der Waals surface area contributed by atoms with Crippen molar-refractivity contribution >= 4 is 11.8 Å². The van der Waals surface area contributed by atoms with E-state index in [1.807, 2.05) is 41.8 Å². The Bertz CT molecular complexity index is 665. The largest absolute Gasteiger partial charge is 0.382 e. The summed E-state index contributed by atoms with van der Waals surface area (Å²) in [5, 5.41) is 0. The predicted molar refractivity (Wildman–Crippen MR) is 126 cm³/mol. The van der Waals surface area contributed by atoms with Gasteiger partial charge in [-0.15, -0.1) is 0 Å². The van der Waals surface area contributed by atoms with E-state index in [0.717, 1.165) is 91.1 Å². The van der Waals surface area contributed by atoms with Crippen molar-refractivity contribution in [1.82, 2.24) is 9.80 Å². The van der Waals surface area contributed by atoms with Crippen LogP contribution in [0.3, 0.4) is 0 Å². The maximum absolute atomic E-state index is 13.1. The lowest BCUT2D eigenvalue weighted by Gasteiger charge is -2.33. The van der Waals surface area contributed by atoms with E-state index in [4.69, 9.17) is 9.47 Å². The monoisotopic (exact) mass is 444 g/mol. The highest BCUT2D eigenvalue weighted by Crippen LogP contribution is 2.24. The molecule has 178 valence electrons. The Balaban J connectivity index is 1.50. The van der Waals surface area contributed by atoms with Gasteiger partial charge >= 0.3 is 0 Å². The zero-order valence-corrected chi connectivity index (χ0v) is 19.9. The fraction of sp³-hybridized carbons (Fsp3) is 0.692. The van der Waals surface area contributed by atoms with Gasteiger partial charge in [0, 0.05) is 63.7 Å². The Morgan fingerprint density at radius 3 is 1.56 bits per heavy atom. The average Bonchev–Trinajstić information content (AvgIpc) is 2.84. The molecule has 0 aromatic heterocycles. The van der Waals surface area contributed by atoms with Gasteiger partial charge in [-0.3, -0.25) is 9.59 Å². The molecular weight excluding hydrogens is 404 g/mol. The number of benzene rings is 1. The zero-order valence-electron chi connectivity index (χ0n) is 19.9. The van der Waals surface area contributed by atoms with Gasteiger partial charge in [-0.05, 0) is 82.4 Å². The van der Waals surface area contributed by atoms with Crippen molar-refractivity contribution in [3.05, 3.63) is 35.4 Å². The van der Waals surface area contributed by atoms with E-state index in [0.29, 0.717) is 23.0 Å². The summed E-state index contributed by atoms with van der Waals surface area (Å²) in [6.07, 6.45) is 6.24. The Kier molecular flexibility index (Phi) is 10.0. The van der Waals surface area contributed by atoms with E-state index >= 15 is 0 Å². The summed E-state index contributed by atoms with van der Waals surface area (Å²) in [7, 11) is 0. The van der Waals surface area contributed by atoms with Gasteiger partial charge in [-0.2, -0.15) is 0 Å². The van der Waals surface area contributed by atoms with Crippen LogP contribution in [0.25, 0.3) is 0 Å². The molecule has 1 aromatic rings. The minimum absolute atomic E-state index is 0.0394. The number of rotatable bonds is 10. The summed E-state index contributed by atoms with van der Waals surface area (Å²) in [5.41, 5.74) is 1.24. The molecule has 0 N–H and O–H groups in total. The molecule has 2 fully saturated rings. The number of likely N-dealkylation sites (tertiary alicyclic amines) is 2. The second-order valence-corrected chi connectivity index (χ2v) is 9.02. The highest BCUT2D eigenvalue weighted by molar-refractivity contribution is 5.99. The van der Waals surface area contributed by atoms with Crippen molar-refractivity contribution in [3.63, 3.8) is 0 Å². The number of hydrogen-bond donors (Lipinski definition) is 0. The molecule has 1 aromatic carbocycles. The van der Waals surface area contributed by atoms with Gasteiger partial charge in [0.1, 0.15) is 0 Å². The molecule has 32 heavy (non-hydrogen) atoms. The Labute approximate surface area is 193 Å². The quantitative estimate of drug-likeness (QED) is 0.507. The third-order valence-corrected chi connectivity index (χ3v) is 6.91. The Morgan fingerprint density at radius 2 is 1.19 bits per heavy atom. The molecule has 2 saturated heterocycles. The van der Waals surface area contributed by atoms with Crippen LogP contribution in [-0.2, 0) is 9.47 Å². The lowest BCUT2D eigenvalue weighted by atomic mass is 9.93. The number of ether oxygens (including phenoxy) is 2. The van der Waals surface area contributed by atoms with E-state index in [1.54, 1.807) is 6.07 Å². The second-order valence-electron chi connectivity index (χ2n) is 9.02. The average molecular weight is 445 g/mol. The third kappa shape index (κ3) is 7.04. The maximum atomic E-state index is 13.1. The van der Waals surface area contributed by atoms with E-state index < -0.39 is 0 Å². The molecule has 0 bridgehead atoms. The van der Waals surface area contributed by atoms with Crippen LogP contribution in [0.5, 0.6) is 0 Å². The first-order chi connectivity index (χ1) is 15.6. The number of nitrogens with zero attached hydrogens (tertiary/aromatic N) is 2. The van der Waals surface area contributed by atoms with Crippen molar-refractivity contribution in [1.29, 1.82) is 0 Å². The second kappa shape index (κ2) is 12.9. The van der Waals surface area contributed by atoms with Gasteiger partial charge in [0.05, 0.1) is 0 Å². The van der Waals surface area contributed by atoms with Gasteiger partial charge in [-0.1, -0.05) is 6.07 Å². The Morgan fingerprint density at radius 1 is 0.781 bits per heavy atom. The third-order valence-electron chi connectivity index (χ3n) is 6.91. The van der Waals surface area contributed by atoms with Gasteiger partial charge in [-0.25, -0.2) is 0 Å². The van der Waals surface area contributed by atoms with E-state index in [9.17, 15) is 9.59 Å². The molecule has 0 atom stereocenters. The molecular formula is C26H40N2O4. The molecule has 0 spiro atoms. The molecule has 2 heterocycles. The minimum atomic E-state index is 0.0394. The molecule has 0 saturated carbocycles. The minimum Gasteiger partial charge on any atom is -0.382 e. The van der Waals surface area contributed by atoms with E-state index in [1.165, 1.54) is 0 Å². The van der Waals surface area contributed by atoms with Crippen molar-refractivity contribution in [2.45, 2.75) is 52.4 Å². The van der Waals surface area contributed by atoms with Crippen LogP contribution in [0, 0.1) is 11.8 Å². The smallest absolute Gasteiger partial charge is 0.253 e. The molecule has 0 radical (unpaired) electrons. The van der Waals surface area contributed by atoms with Crippen molar-refractivity contribution in [3.8, 4) is 0 Å². The first-order valence-electron chi connectivity index (χ1n) is 12.5. The highest BCUT2D eigenvalue weighted by Gasteiger charge is 2.26. The summed E-state index contributed by atoms with van der Waals surface area (Å²) >= 11 is 0. The van der Waals surface area contributed by atoms with E-state index in [-0.39, 0.29) is 11.8 Å². The van der Waals surface area contributed by atoms with Crippen LogP contribution in [0.2, 0.25) is 0 Å². The molecule has 6 heteroatoms. The molecule has 6 nitrogen and oxygen atoms in total. The van der Waals surface area contributed by atoms with Crippen LogP contribution in [0.4, 0.5) is 0 Å². The summed E-state index contributed by atoms with van der Waals surface area (Å²) in [6, 6.07) is 7.29. The van der Waals surface area contributed by atoms with Gasteiger partial charge in [0.25, 0.3) is 11.8 Å². The van der Waals surface area contributed by atoms with Crippen molar-refractivity contribution in [2.24, 2.45) is 11.8 Å². The molecule has 2 aliphatic rings. The van der Waals surface area contributed by atoms with Crippen molar-refractivity contribution < 1.29 is 19.1 Å². The standard InChI is InChI=1S/C26H40N2O4/c1-3-31-18-12-21-8-14-27(15-9-21)25(29)23-6-5-7-24(20-23)26(30)28-16-10-22(11-17-28)13-19-32-4-2/h5-7,20-22H,3-4,8-19H2,1-2H3. The first-order valence-corrected chi connectivity index (χ1v) is 12.5. The van der Waals surface area contributed by atoms with Gasteiger partial charge in [0.15, 0.2) is 0 Å². The van der Waals surface area contributed by atoms with Crippen molar-refractivity contribution in [2.75, 3.05) is 52.6 Å².